The van der Waals surface area contributed by atoms with E-state index < -0.39 is 35.7 Å². The maximum absolute atomic E-state index is 14.3. The van der Waals surface area contributed by atoms with E-state index in [9.17, 15) is 18.3 Å². The molecule has 0 spiro atoms. The van der Waals surface area contributed by atoms with Gasteiger partial charge in [-0.15, -0.1) is 0 Å². The lowest BCUT2D eigenvalue weighted by atomic mass is 9.93. The molecule has 1 unspecified atom stereocenters. The summed E-state index contributed by atoms with van der Waals surface area (Å²) in [5, 5.41) is 15.5. The van der Waals surface area contributed by atoms with Gasteiger partial charge < -0.3 is 20.5 Å². The van der Waals surface area contributed by atoms with Gasteiger partial charge in [0.25, 0.3) is 0 Å². The van der Waals surface area contributed by atoms with Gasteiger partial charge in [-0.1, -0.05) is 0 Å². The molecule has 0 radical (unpaired) electrons. The average Bonchev–Trinajstić information content (AvgIpc) is 3.30. The first kappa shape index (κ1) is 18.6. The highest BCUT2D eigenvalue weighted by Gasteiger charge is 2.27. The number of nitrogens with one attached hydrogen (secondary N) is 2. The zero-order valence-corrected chi connectivity index (χ0v) is 17.0. The number of aromatic nitrogens is 4. The molecule has 5 rings (SSSR count). The molecule has 1 saturated carbocycles. The van der Waals surface area contributed by atoms with Gasteiger partial charge in [0.05, 0.1) is 27.7 Å². The normalized spacial score (nSPS) is 26.1. The Bertz CT molecular complexity index is 1200. The van der Waals surface area contributed by atoms with Gasteiger partial charge in [-0.05, 0) is 32.1 Å². The molecule has 1 aromatic carbocycles. The van der Waals surface area contributed by atoms with Gasteiger partial charge in [0.2, 0.25) is 11.9 Å². The van der Waals surface area contributed by atoms with E-state index in [1.54, 1.807) is 0 Å². The van der Waals surface area contributed by atoms with E-state index >= 15 is 0 Å². The molecule has 1 aliphatic carbocycles. The summed E-state index contributed by atoms with van der Waals surface area (Å²) in [7, 11) is 0. The van der Waals surface area contributed by atoms with Crippen molar-refractivity contribution in [2.75, 3.05) is 23.8 Å². The van der Waals surface area contributed by atoms with Crippen LogP contribution in [0.2, 0.25) is 0 Å². The number of imidazole rings is 1. The smallest absolute Gasteiger partial charge is 0.224 e. The molecule has 32 heavy (non-hydrogen) atoms. The van der Waals surface area contributed by atoms with Crippen molar-refractivity contribution in [3.63, 3.8) is 0 Å². The average molecular weight is 450 g/mol. The Morgan fingerprint density at radius 3 is 2.53 bits per heavy atom. The van der Waals surface area contributed by atoms with Crippen LogP contribution in [0.15, 0.2) is 18.3 Å². The second kappa shape index (κ2) is 8.55. The summed E-state index contributed by atoms with van der Waals surface area (Å²) < 4.78 is 64.6. The maximum atomic E-state index is 14.3. The number of ether oxygens (including phenoxy) is 1. The Morgan fingerprint density at radius 1 is 1.09 bits per heavy atom. The summed E-state index contributed by atoms with van der Waals surface area (Å²) in [6.07, 6.45) is 4.00. The van der Waals surface area contributed by atoms with E-state index in [-0.39, 0.29) is 31.1 Å². The molecule has 3 aromatic rings. The highest BCUT2D eigenvalue weighted by molar-refractivity contribution is 5.76. The van der Waals surface area contributed by atoms with Crippen molar-refractivity contribution in [3.8, 4) is 0 Å². The van der Waals surface area contributed by atoms with Crippen molar-refractivity contribution in [3.05, 3.63) is 35.8 Å². The molecule has 1 atom stereocenters. The first-order valence-electron chi connectivity index (χ1n) is 11.4. The molecule has 2 aliphatic rings. The number of hydrogen-bond donors (Lipinski definition) is 3. The van der Waals surface area contributed by atoms with Crippen LogP contribution in [0.5, 0.6) is 0 Å². The predicted molar refractivity (Wildman–Crippen MR) is 111 cm³/mol. The molecule has 0 amide bonds. The largest absolute Gasteiger partial charge is 0.393 e. The first-order chi connectivity index (χ1) is 16.2. The van der Waals surface area contributed by atoms with Crippen LogP contribution in [-0.4, -0.2) is 49.9 Å². The summed E-state index contributed by atoms with van der Waals surface area (Å²) in [6.45, 7) is -1.89. The van der Waals surface area contributed by atoms with Crippen molar-refractivity contribution < 1.29 is 25.8 Å². The van der Waals surface area contributed by atoms with Crippen molar-refractivity contribution >= 4 is 28.7 Å². The van der Waals surface area contributed by atoms with Crippen LogP contribution in [0.4, 0.5) is 30.8 Å². The van der Waals surface area contributed by atoms with Crippen molar-refractivity contribution in [2.45, 2.75) is 50.3 Å². The third-order valence-corrected chi connectivity index (χ3v) is 5.77. The molecule has 11 heteroatoms. The van der Waals surface area contributed by atoms with Crippen LogP contribution in [-0.2, 0) is 4.74 Å². The van der Waals surface area contributed by atoms with Crippen molar-refractivity contribution in [1.82, 2.24) is 19.5 Å². The Labute approximate surface area is 184 Å². The van der Waals surface area contributed by atoms with Gasteiger partial charge in [-0.2, -0.15) is 4.98 Å². The summed E-state index contributed by atoms with van der Waals surface area (Å²) >= 11 is 0. The van der Waals surface area contributed by atoms with Gasteiger partial charge in [-0.3, -0.25) is 4.57 Å². The van der Waals surface area contributed by atoms with E-state index in [1.807, 2.05) is 0 Å². The van der Waals surface area contributed by atoms with E-state index in [2.05, 4.69) is 25.6 Å². The number of hydrogen-bond acceptors (Lipinski definition) is 7. The third kappa shape index (κ3) is 4.09. The summed E-state index contributed by atoms with van der Waals surface area (Å²) in [6, 6.07) is 0.625. The fourth-order valence-electron chi connectivity index (χ4n) is 4.11. The van der Waals surface area contributed by atoms with Gasteiger partial charge >= 0.3 is 0 Å². The fourth-order valence-corrected chi connectivity index (χ4v) is 4.11. The highest BCUT2D eigenvalue weighted by atomic mass is 19.1. The lowest BCUT2D eigenvalue weighted by molar-refractivity contribution is 0.126. The minimum Gasteiger partial charge on any atom is -0.393 e. The van der Waals surface area contributed by atoms with Gasteiger partial charge in [0.1, 0.15) is 17.0 Å². The maximum Gasteiger partial charge on any atom is 0.224 e. The number of halogens is 3. The number of nitrogens with zero attached hydrogens (tertiary/aromatic N) is 4. The molecule has 3 N–H and O–H groups in total. The lowest BCUT2D eigenvalue weighted by Crippen LogP contribution is -2.29. The van der Waals surface area contributed by atoms with Crippen LogP contribution < -0.4 is 10.6 Å². The second-order valence-electron chi connectivity index (χ2n) is 8.04. The quantitative estimate of drug-likeness (QED) is 0.546. The number of fused-ring (bicyclic) bond motifs is 1. The summed E-state index contributed by atoms with van der Waals surface area (Å²) in [4.78, 5) is 13.2. The Hall–Kier alpha value is -2.92. The van der Waals surface area contributed by atoms with E-state index in [4.69, 9.17) is 7.48 Å². The molecule has 0 bridgehead atoms. The monoisotopic (exact) mass is 450 g/mol. The minimum atomic E-state index is -1.89. The summed E-state index contributed by atoms with van der Waals surface area (Å²) in [5.41, 5.74) is 0.0551. The standard InChI is InChI=1S/C21H23F3N6O2/c22-11-7-15(23)18(16(24)8-11)28-21-27-17-9-25-20(26-12-1-3-14(31)4-2-12)29-19(17)30(21)13-5-6-32-10-13/h7-9,12-14,31H,1-6,10H2,(H,27,28)(H,25,26,29)/i6D2. The van der Waals surface area contributed by atoms with Crippen LogP contribution in [0.3, 0.4) is 0 Å². The molecule has 3 heterocycles. The summed E-state index contributed by atoms with van der Waals surface area (Å²) in [5.74, 6) is -3.01. The number of rotatable bonds is 5. The lowest BCUT2D eigenvalue weighted by Gasteiger charge is -2.26. The van der Waals surface area contributed by atoms with E-state index in [1.165, 1.54) is 10.8 Å². The fraction of sp³-hybridized carbons (Fsp3) is 0.476. The van der Waals surface area contributed by atoms with Crippen LogP contribution in [0.25, 0.3) is 11.2 Å². The van der Waals surface area contributed by atoms with E-state index in [0.29, 0.717) is 42.1 Å². The Balaban J connectivity index is 1.53. The second-order valence-corrected chi connectivity index (χ2v) is 8.04. The van der Waals surface area contributed by atoms with E-state index in [0.717, 1.165) is 12.8 Å². The minimum absolute atomic E-state index is 0.00190. The first-order valence-corrected chi connectivity index (χ1v) is 10.4. The zero-order chi connectivity index (χ0) is 24.0. The van der Waals surface area contributed by atoms with Gasteiger partial charge in [-0.25, -0.2) is 23.1 Å². The molecule has 2 aromatic heterocycles. The number of aliphatic hydroxyl groups excluding tert-OH is 1. The molecule has 2 fully saturated rings. The zero-order valence-electron chi connectivity index (χ0n) is 19.0. The third-order valence-electron chi connectivity index (χ3n) is 5.77. The van der Waals surface area contributed by atoms with Crippen LogP contribution in [0, 0.1) is 17.5 Å². The van der Waals surface area contributed by atoms with Gasteiger partial charge in [0.15, 0.2) is 17.3 Å². The molecular weight excluding hydrogens is 425 g/mol. The predicted octanol–water partition coefficient (Wildman–Crippen LogP) is 3.66. The molecule has 170 valence electrons. The molecule has 1 aliphatic heterocycles. The number of anilines is 3. The molecule has 1 saturated heterocycles. The number of aliphatic hydroxyl groups is 1. The highest BCUT2D eigenvalue weighted by Crippen LogP contribution is 2.32. The SMILES string of the molecule is [2H]C1([2H])CC(n2c(Nc3c(F)cc(F)cc3F)nc3cnc(NC4CCC(O)CC4)nc32)CO1. The topological polar surface area (TPSA) is 97.1 Å². The van der Waals surface area contributed by atoms with Crippen LogP contribution >= 0.6 is 0 Å². The van der Waals surface area contributed by atoms with Crippen molar-refractivity contribution in [1.29, 1.82) is 0 Å². The molecule has 8 nitrogen and oxygen atoms in total. The van der Waals surface area contributed by atoms with Crippen LogP contribution in [0.1, 0.15) is 40.9 Å². The molecular formula is C21H23F3N6O2. The van der Waals surface area contributed by atoms with Gasteiger partial charge in [0, 0.05) is 24.7 Å². The number of benzene rings is 1. The Kier molecular flexibility index (Phi) is 4.98. The Morgan fingerprint density at radius 2 is 1.84 bits per heavy atom. The van der Waals surface area contributed by atoms with Crippen molar-refractivity contribution in [2.24, 2.45) is 0 Å².